The summed E-state index contributed by atoms with van der Waals surface area (Å²) in [7, 11) is 0. The number of nitrogens with one attached hydrogen (secondary N) is 2. The molecule has 4 nitrogen and oxygen atoms in total. The van der Waals surface area contributed by atoms with Crippen molar-refractivity contribution in [1.29, 1.82) is 0 Å². The lowest BCUT2D eigenvalue weighted by atomic mass is 10.1. The number of thiophene rings is 1. The SMILES string of the molecule is CC(NCc1nc2ccsc2c(=O)[nH]1)c1cccc(F)c1. The van der Waals surface area contributed by atoms with Crippen molar-refractivity contribution in [2.45, 2.75) is 19.5 Å². The van der Waals surface area contributed by atoms with E-state index in [2.05, 4.69) is 15.3 Å². The van der Waals surface area contributed by atoms with E-state index in [4.69, 9.17) is 0 Å². The Kier molecular flexibility index (Phi) is 3.81. The van der Waals surface area contributed by atoms with Gasteiger partial charge in [0.2, 0.25) is 0 Å². The standard InChI is InChI=1S/C15H14FN3OS/c1-9(10-3-2-4-11(16)7-10)17-8-13-18-12-5-6-21-14(12)15(20)19-13/h2-7,9,17H,8H2,1H3,(H,18,19,20). The second kappa shape index (κ2) is 5.75. The third-order valence-corrected chi connectivity index (χ3v) is 4.19. The molecule has 0 bridgehead atoms. The number of hydrogen-bond acceptors (Lipinski definition) is 4. The second-order valence-electron chi connectivity index (χ2n) is 4.81. The molecule has 6 heteroatoms. The van der Waals surface area contributed by atoms with Gasteiger partial charge in [-0.1, -0.05) is 12.1 Å². The highest BCUT2D eigenvalue weighted by atomic mass is 32.1. The van der Waals surface area contributed by atoms with Gasteiger partial charge in [-0.15, -0.1) is 11.3 Å². The summed E-state index contributed by atoms with van der Waals surface area (Å²) < 4.78 is 13.8. The fraction of sp³-hybridized carbons (Fsp3) is 0.200. The van der Waals surface area contributed by atoms with Crippen molar-refractivity contribution in [1.82, 2.24) is 15.3 Å². The van der Waals surface area contributed by atoms with Gasteiger partial charge in [0.1, 0.15) is 16.3 Å². The van der Waals surface area contributed by atoms with E-state index in [0.29, 0.717) is 22.6 Å². The van der Waals surface area contributed by atoms with Crippen molar-refractivity contribution in [3.63, 3.8) is 0 Å². The number of aromatic amines is 1. The quantitative estimate of drug-likeness (QED) is 0.779. The molecule has 108 valence electrons. The second-order valence-corrected chi connectivity index (χ2v) is 5.72. The van der Waals surface area contributed by atoms with Crippen LogP contribution in [0.25, 0.3) is 10.2 Å². The monoisotopic (exact) mass is 303 g/mol. The zero-order valence-electron chi connectivity index (χ0n) is 11.4. The lowest BCUT2D eigenvalue weighted by molar-refractivity contribution is 0.552. The molecule has 2 aromatic heterocycles. The third kappa shape index (κ3) is 3.01. The van der Waals surface area contributed by atoms with Crippen LogP contribution in [0.5, 0.6) is 0 Å². The molecular weight excluding hydrogens is 289 g/mol. The lowest BCUT2D eigenvalue weighted by Gasteiger charge is -2.13. The number of nitrogens with zero attached hydrogens (tertiary/aromatic N) is 1. The molecule has 0 amide bonds. The molecule has 1 atom stereocenters. The normalized spacial score (nSPS) is 12.7. The first-order chi connectivity index (χ1) is 10.1. The van der Waals surface area contributed by atoms with E-state index in [-0.39, 0.29) is 17.4 Å². The molecule has 3 rings (SSSR count). The van der Waals surface area contributed by atoms with Crippen LogP contribution in [-0.2, 0) is 6.54 Å². The maximum absolute atomic E-state index is 13.2. The average Bonchev–Trinajstić information content (AvgIpc) is 2.93. The van der Waals surface area contributed by atoms with Gasteiger partial charge in [0.05, 0.1) is 12.1 Å². The molecule has 1 unspecified atom stereocenters. The predicted octanol–water partition coefficient (Wildman–Crippen LogP) is 2.97. The van der Waals surface area contributed by atoms with E-state index in [0.717, 1.165) is 5.56 Å². The van der Waals surface area contributed by atoms with Crippen LogP contribution >= 0.6 is 11.3 Å². The molecule has 0 radical (unpaired) electrons. The number of H-pyrrole nitrogens is 1. The molecule has 3 aromatic rings. The molecular formula is C15H14FN3OS. The van der Waals surface area contributed by atoms with Crippen molar-refractivity contribution in [2.24, 2.45) is 0 Å². The summed E-state index contributed by atoms with van der Waals surface area (Å²) in [6, 6.07) is 8.24. The molecule has 1 aromatic carbocycles. The summed E-state index contributed by atoms with van der Waals surface area (Å²) in [4.78, 5) is 19.0. The summed E-state index contributed by atoms with van der Waals surface area (Å²) in [6.45, 7) is 2.36. The first kappa shape index (κ1) is 13.9. The number of benzene rings is 1. The first-order valence-corrected chi connectivity index (χ1v) is 7.46. The summed E-state index contributed by atoms with van der Waals surface area (Å²) >= 11 is 1.38. The van der Waals surface area contributed by atoms with Crippen molar-refractivity contribution in [3.8, 4) is 0 Å². The molecule has 0 saturated carbocycles. The minimum absolute atomic E-state index is 0.0378. The van der Waals surface area contributed by atoms with Gasteiger partial charge in [-0.3, -0.25) is 4.79 Å². The van der Waals surface area contributed by atoms with Gasteiger partial charge < -0.3 is 10.3 Å². The van der Waals surface area contributed by atoms with Crippen molar-refractivity contribution >= 4 is 21.6 Å². The highest BCUT2D eigenvalue weighted by molar-refractivity contribution is 7.17. The number of aromatic nitrogens is 2. The van der Waals surface area contributed by atoms with Gasteiger partial charge in [0.15, 0.2) is 0 Å². The van der Waals surface area contributed by atoms with Gasteiger partial charge in [0, 0.05) is 6.04 Å². The number of rotatable bonds is 4. The Bertz CT molecular complexity index is 827. The van der Waals surface area contributed by atoms with E-state index >= 15 is 0 Å². The van der Waals surface area contributed by atoms with Gasteiger partial charge in [-0.2, -0.15) is 0 Å². The van der Waals surface area contributed by atoms with Crippen LogP contribution in [0.2, 0.25) is 0 Å². The van der Waals surface area contributed by atoms with Gasteiger partial charge in [-0.25, -0.2) is 9.37 Å². The molecule has 2 heterocycles. The Morgan fingerprint density at radius 3 is 3.10 bits per heavy atom. The van der Waals surface area contributed by atoms with Crippen molar-refractivity contribution in [2.75, 3.05) is 0 Å². The molecule has 2 N–H and O–H groups in total. The fourth-order valence-electron chi connectivity index (χ4n) is 2.15. The topological polar surface area (TPSA) is 57.8 Å². The Hall–Kier alpha value is -2.05. The lowest BCUT2D eigenvalue weighted by Crippen LogP contribution is -2.22. The van der Waals surface area contributed by atoms with Gasteiger partial charge in [-0.05, 0) is 36.1 Å². The molecule has 0 saturated heterocycles. The summed E-state index contributed by atoms with van der Waals surface area (Å²) in [5.41, 5.74) is 1.44. The number of fused-ring (bicyclic) bond motifs is 1. The Labute approximate surface area is 124 Å². The Balaban J connectivity index is 1.75. The molecule has 0 aliphatic heterocycles. The highest BCUT2D eigenvalue weighted by Crippen LogP contribution is 2.15. The van der Waals surface area contributed by atoms with Crippen LogP contribution in [0.3, 0.4) is 0 Å². The molecule has 0 aliphatic rings. The van der Waals surface area contributed by atoms with Crippen LogP contribution in [0, 0.1) is 5.82 Å². The average molecular weight is 303 g/mol. The van der Waals surface area contributed by atoms with E-state index in [1.165, 1.54) is 23.5 Å². The zero-order chi connectivity index (χ0) is 14.8. The minimum atomic E-state index is -0.257. The van der Waals surface area contributed by atoms with Crippen molar-refractivity contribution < 1.29 is 4.39 Å². The third-order valence-electron chi connectivity index (χ3n) is 3.29. The van der Waals surface area contributed by atoms with Crippen LogP contribution in [0.4, 0.5) is 4.39 Å². The summed E-state index contributed by atoms with van der Waals surface area (Å²) in [5.74, 6) is 0.321. The van der Waals surface area contributed by atoms with Gasteiger partial charge >= 0.3 is 0 Å². The number of hydrogen-bond donors (Lipinski definition) is 2. The summed E-state index contributed by atoms with van der Waals surface area (Å²) in [5, 5.41) is 5.08. The summed E-state index contributed by atoms with van der Waals surface area (Å²) in [6.07, 6.45) is 0. The maximum atomic E-state index is 13.2. The first-order valence-electron chi connectivity index (χ1n) is 6.59. The van der Waals surface area contributed by atoms with Crippen LogP contribution in [0.1, 0.15) is 24.4 Å². The minimum Gasteiger partial charge on any atom is -0.308 e. The Morgan fingerprint density at radius 1 is 1.43 bits per heavy atom. The maximum Gasteiger partial charge on any atom is 0.268 e. The molecule has 21 heavy (non-hydrogen) atoms. The molecule has 0 fully saturated rings. The van der Waals surface area contributed by atoms with Crippen LogP contribution in [0.15, 0.2) is 40.5 Å². The van der Waals surface area contributed by atoms with Gasteiger partial charge in [0.25, 0.3) is 5.56 Å². The Morgan fingerprint density at radius 2 is 2.29 bits per heavy atom. The van der Waals surface area contributed by atoms with Crippen LogP contribution < -0.4 is 10.9 Å². The molecule has 0 aliphatic carbocycles. The van der Waals surface area contributed by atoms with E-state index in [1.54, 1.807) is 6.07 Å². The smallest absolute Gasteiger partial charge is 0.268 e. The van der Waals surface area contributed by atoms with E-state index < -0.39 is 0 Å². The predicted molar refractivity (Wildman–Crippen MR) is 81.9 cm³/mol. The fourth-order valence-corrected chi connectivity index (χ4v) is 2.87. The highest BCUT2D eigenvalue weighted by Gasteiger charge is 2.08. The van der Waals surface area contributed by atoms with Crippen molar-refractivity contribution in [3.05, 3.63) is 63.3 Å². The number of halogens is 1. The van der Waals surface area contributed by atoms with Crippen LogP contribution in [-0.4, -0.2) is 9.97 Å². The van der Waals surface area contributed by atoms with E-state index in [9.17, 15) is 9.18 Å². The van der Waals surface area contributed by atoms with E-state index in [1.807, 2.05) is 24.4 Å². The largest absolute Gasteiger partial charge is 0.308 e. The molecule has 0 spiro atoms. The zero-order valence-corrected chi connectivity index (χ0v) is 12.2.